The van der Waals surface area contributed by atoms with E-state index < -0.39 is 19.1 Å². The average molecular weight is 339 g/mol. The first-order valence-corrected chi connectivity index (χ1v) is 7.44. The van der Waals surface area contributed by atoms with Crippen molar-refractivity contribution in [3.05, 3.63) is 35.9 Å². The van der Waals surface area contributed by atoms with Gasteiger partial charge in [0.1, 0.15) is 17.4 Å². The molecule has 1 aromatic heterocycles. The Morgan fingerprint density at radius 2 is 1.76 bits per heavy atom. The molecule has 0 bridgehead atoms. The van der Waals surface area contributed by atoms with Crippen molar-refractivity contribution in [3.8, 4) is 17.4 Å². The summed E-state index contributed by atoms with van der Waals surface area (Å²) in [6.07, 6.45) is 0. The molecule has 2 N–H and O–H groups in total. The van der Waals surface area contributed by atoms with Gasteiger partial charge in [-0.1, -0.05) is 30.3 Å². The van der Waals surface area contributed by atoms with E-state index in [-0.39, 0.29) is 35.8 Å². The summed E-state index contributed by atoms with van der Waals surface area (Å²) >= 11 is 0. The first-order valence-electron chi connectivity index (χ1n) is 7.44. The van der Waals surface area contributed by atoms with E-state index in [2.05, 4.69) is 0 Å². The summed E-state index contributed by atoms with van der Waals surface area (Å²) in [5, 5.41) is 9.41. The molecule has 0 radical (unpaired) electrons. The average Bonchev–Trinajstić information content (AvgIpc) is 2.89. The van der Waals surface area contributed by atoms with Gasteiger partial charge in [0.25, 0.3) is 0 Å². The minimum atomic E-state index is -1.40. The molecule has 8 nitrogen and oxygen atoms in total. The van der Waals surface area contributed by atoms with Crippen LogP contribution in [0.15, 0.2) is 34.7 Å². The third kappa shape index (κ3) is 3.34. The van der Waals surface area contributed by atoms with Gasteiger partial charge in [0.15, 0.2) is 0 Å². The molecule has 0 unspecified atom stereocenters. The smallest absolute Gasteiger partial charge is 0.494 e. The van der Waals surface area contributed by atoms with E-state index in [0.29, 0.717) is 5.56 Å². The van der Waals surface area contributed by atoms with E-state index in [1.807, 2.05) is 12.1 Å². The third-order valence-corrected chi connectivity index (χ3v) is 3.63. The van der Waals surface area contributed by atoms with Gasteiger partial charge in [-0.2, -0.15) is 5.26 Å². The lowest BCUT2D eigenvalue weighted by atomic mass is 9.74. The number of carbonyl (C=O) groups excluding carboxylic acids is 2. The van der Waals surface area contributed by atoms with Crippen LogP contribution in [0.25, 0.3) is 11.3 Å². The summed E-state index contributed by atoms with van der Waals surface area (Å²) in [5.74, 6) is -1.11. The number of rotatable bonds is 2. The van der Waals surface area contributed by atoms with Gasteiger partial charge in [-0.05, 0) is 7.05 Å². The lowest BCUT2D eigenvalue weighted by molar-refractivity contribution is -0.145. The van der Waals surface area contributed by atoms with Crippen molar-refractivity contribution >= 4 is 30.4 Å². The van der Waals surface area contributed by atoms with Crippen molar-refractivity contribution in [1.29, 1.82) is 5.26 Å². The SMILES string of the molecule is CN1CC(=O)OB(c2c(-c3ccccc3)oc(N)c2C#N)OC(=O)C1. The van der Waals surface area contributed by atoms with Crippen molar-refractivity contribution in [1.82, 2.24) is 4.90 Å². The van der Waals surface area contributed by atoms with Crippen LogP contribution in [-0.4, -0.2) is 44.1 Å². The molecular weight excluding hydrogens is 325 g/mol. The minimum absolute atomic E-state index is 0.0293. The van der Waals surface area contributed by atoms with E-state index in [9.17, 15) is 14.9 Å². The fourth-order valence-electron chi connectivity index (χ4n) is 2.56. The molecule has 3 rings (SSSR count). The maximum atomic E-state index is 12.0. The molecule has 2 heterocycles. The molecule has 1 aliphatic rings. The highest BCUT2D eigenvalue weighted by Crippen LogP contribution is 2.26. The molecular formula is C16H14BN3O5. The summed E-state index contributed by atoms with van der Waals surface area (Å²) in [5.41, 5.74) is 6.48. The summed E-state index contributed by atoms with van der Waals surface area (Å²) in [7, 11) is 0.189. The zero-order valence-electron chi connectivity index (χ0n) is 13.4. The Kier molecular flexibility index (Phi) is 4.45. The highest BCUT2D eigenvalue weighted by Gasteiger charge is 2.41. The lowest BCUT2D eigenvalue weighted by Gasteiger charge is -2.22. The van der Waals surface area contributed by atoms with Crippen LogP contribution in [0.5, 0.6) is 0 Å². The molecule has 0 saturated carbocycles. The number of nitrogens with two attached hydrogens (primary N) is 1. The fraction of sp³-hybridized carbons (Fsp3) is 0.188. The predicted molar refractivity (Wildman–Crippen MR) is 88.3 cm³/mol. The number of nitriles is 1. The van der Waals surface area contributed by atoms with Crippen LogP contribution in [0.1, 0.15) is 5.56 Å². The lowest BCUT2D eigenvalue weighted by Crippen LogP contribution is -2.48. The maximum Gasteiger partial charge on any atom is 0.642 e. The van der Waals surface area contributed by atoms with Gasteiger partial charge < -0.3 is 19.5 Å². The van der Waals surface area contributed by atoms with Crippen LogP contribution in [-0.2, 0) is 18.9 Å². The third-order valence-electron chi connectivity index (χ3n) is 3.63. The van der Waals surface area contributed by atoms with Crippen LogP contribution in [0.4, 0.5) is 5.88 Å². The van der Waals surface area contributed by atoms with Gasteiger partial charge >= 0.3 is 19.1 Å². The number of carbonyl (C=O) groups is 2. The first-order chi connectivity index (χ1) is 12.0. The second-order valence-electron chi connectivity index (χ2n) is 5.55. The number of nitrogens with zero attached hydrogens (tertiary/aromatic N) is 2. The van der Waals surface area contributed by atoms with Gasteiger partial charge in [-0.25, -0.2) is 0 Å². The number of hydrogen-bond donors (Lipinski definition) is 1. The molecule has 9 heteroatoms. The molecule has 1 aromatic carbocycles. The van der Waals surface area contributed by atoms with Crippen LogP contribution in [0.2, 0.25) is 0 Å². The zero-order valence-corrected chi connectivity index (χ0v) is 13.4. The Bertz CT molecular complexity index is 839. The van der Waals surface area contributed by atoms with Crippen LogP contribution in [0.3, 0.4) is 0 Å². The highest BCUT2D eigenvalue weighted by molar-refractivity contribution is 6.67. The molecule has 0 atom stereocenters. The number of likely N-dealkylation sites (N-methyl/N-ethyl adjacent to an activating group) is 1. The molecule has 2 aromatic rings. The molecule has 126 valence electrons. The summed E-state index contributed by atoms with van der Waals surface area (Å²) < 4.78 is 16.0. The number of nitrogen functional groups attached to an aromatic ring is 1. The van der Waals surface area contributed by atoms with E-state index in [4.69, 9.17) is 19.5 Å². The molecule has 0 spiro atoms. The van der Waals surface area contributed by atoms with Crippen molar-refractivity contribution in [2.75, 3.05) is 25.9 Å². The number of benzene rings is 1. The molecule has 1 aliphatic heterocycles. The monoisotopic (exact) mass is 339 g/mol. The summed E-state index contributed by atoms with van der Waals surface area (Å²) in [6, 6.07) is 10.8. The second-order valence-corrected chi connectivity index (χ2v) is 5.55. The Balaban J connectivity index is 2.10. The van der Waals surface area contributed by atoms with Crippen molar-refractivity contribution in [2.24, 2.45) is 0 Å². The maximum absolute atomic E-state index is 12.0. The van der Waals surface area contributed by atoms with Crippen LogP contribution in [0, 0.1) is 11.3 Å². The Morgan fingerprint density at radius 3 is 2.32 bits per heavy atom. The van der Waals surface area contributed by atoms with Gasteiger partial charge in [0, 0.05) is 5.56 Å². The Labute approximate surface area is 143 Å². The van der Waals surface area contributed by atoms with E-state index in [1.54, 1.807) is 31.3 Å². The summed E-state index contributed by atoms with van der Waals surface area (Å²) in [4.78, 5) is 25.4. The van der Waals surface area contributed by atoms with Gasteiger partial charge in [-0.15, -0.1) is 0 Å². The van der Waals surface area contributed by atoms with E-state index >= 15 is 0 Å². The van der Waals surface area contributed by atoms with Crippen LogP contribution >= 0.6 is 0 Å². The van der Waals surface area contributed by atoms with E-state index in [0.717, 1.165) is 0 Å². The van der Waals surface area contributed by atoms with Crippen LogP contribution < -0.4 is 11.2 Å². The molecule has 25 heavy (non-hydrogen) atoms. The molecule has 1 saturated heterocycles. The fourth-order valence-corrected chi connectivity index (χ4v) is 2.56. The Hall–Kier alpha value is -3.25. The topological polar surface area (TPSA) is 119 Å². The van der Waals surface area contributed by atoms with Crippen molar-refractivity contribution in [3.63, 3.8) is 0 Å². The Morgan fingerprint density at radius 1 is 1.16 bits per heavy atom. The second kappa shape index (κ2) is 6.71. The molecule has 0 aliphatic carbocycles. The van der Waals surface area contributed by atoms with Gasteiger partial charge in [0.05, 0.1) is 18.6 Å². The number of hydrogen-bond acceptors (Lipinski definition) is 8. The molecule has 0 amide bonds. The largest absolute Gasteiger partial charge is 0.642 e. The first kappa shape index (κ1) is 16.6. The quantitative estimate of drug-likeness (QED) is 0.767. The van der Waals surface area contributed by atoms with E-state index in [1.165, 1.54) is 4.90 Å². The predicted octanol–water partition coefficient (Wildman–Crippen LogP) is 0.127. The van der Waals surface area contributed by atoms with Crippen molar-refractivity contribution < 1.29 is 23.3 Å². The summed E-state index contributed by atoms with van der Waals surface area (Å²) in [6.45, 7) is -0.164. The number of furan rings is 1. The van der Waals surface area contributed by atoms with Crippen molar-refractivity contribution in [2.45, 2.75) is 0 Å². The van der Waals surface area contributed by atoms with Gasteiger partial charge in [0.2, 0.25) is 5.88 Å². The zero-order chi connectivity index (χ0) is 18.0. The standard InChI is InChI=1S/C16H14BN3O5/c1-20-8-12(21)24-17(25-13(22)9-20)14-11(7-18)16(19)23-15(14)10-5-3-2-4-6-10/h2-6H,8-9,19H2,1H3. The minimum Gasteiger partial charge on any atom is -0.494 e. The van der Waals surface area contributed by atoms with Gasteiger partial charge in [-0.3, -0.25) is 14.5 Å². The number of anilines is 1. The highest BCUT2D eigenvalue weighted by atomic mass is 16.6. The molecule has 1 fully saturated rings. The normalized spacial score (nSPS) is 15.8.